The third-order valence-corrected chi connectivity index (χ3v) is 2.25. The topological polar surface area (TPSA) is 30.2 Å². The molecule has 0 fully saturated rings. The van der Waals surface area contributed by atoms with Crippen LogP contribution in [0.3, 0.4) is 0 Å². The molecule has 0 saturated heterocycles. The van der Waals surface area contributed by atoms with Crippen LogP contribution in [0.25, 0.3) is 11.3 Å². The van der Waals surface area contributed by atoms with Gasteiger partial charge in [0, 0.05) is 11.6 Å². The molecular formula is C12H6F4O2. The molecular weight excluding hydrogens is 252 g/mol. The van der Waals surface area contributed by atoms with Gasteiger partial charge < -0.3 is 4.42 Å². The lowest BCUT2D eigenvalue weighted by Crippen LogP contribution is -2.21. The SMILES string of the molecule is O=c1oc(-c2ccccc2)cc(F)c1C(F)(F)F. The van der Waals surface area contributed by atoms with Crippen molar-refractivity contribution in [2.45, 2.75) is 6.18 Å². The van der Waals surface area contributed by atoms with Crippen LogP contribution in [0, 0.1) is 5.82 Å². The predicted molar refractivity (Wildman–Crippen MR) is 55.4 cm³/mol. The summed E-state index contributed by atoms with van der Waals surface area (Å²) < 4.78 is 54.8. The number of hydrogen-bond donors (Lipinski definition) is 0. The highest BCUT2D eigenvalue weighted by Gasteiger charge is 2.39. The zero-order valence-electron chi connectivity index (χ0n) is 8.79. The van der Waals surface area contributed by atoms with E-state index < -0.39 is 23.2 Å². The van der Waals surface area contributed by atoms with Gasteiger partial charge in [-0.3, -0.25) is 0 Å². The lowest BCUT2D eigenvalue weighted by molar-refractivity contribution is -0.142. The minimum atomic E-state index is -5.07. The van der Waals surface area contributed by atoms with Gasteiger partial charge in [-0.25, -0.2) is 9.18 Å². The van der Waals surface area contributed by atoms with Crippen LogP contribution in [-0.2, 0) is 6.18 Å². The van der Waals surface area contributed by atoms with Crippen LogP contribution >= 0.6 is 0 Å². The molecule has 0 bridgehead atoms. The van der Waals surface area contributed by atoms with Crippen molar-refractivity contribution in [3.8, 4) is 11.3 Å². The van der Waals surface area contributed by atoms with E-state index in [1.54, 1.807) is 18.2 Å². The Morgan fingerprint density at radius 3 is 2.17 bits per heavy atom. The predicted octanol–water partition coefficient (Wildman–Crippen LogP) is 3.46. The molecule has 1 aromatic carbocycles. The smallest absolute Gasteiger partial charge is 0.422 e. The van der Waals surface area contributed by atoms with E-state index in [9.17, 15) is 22.4 Å². The van der Waals surface area contributed by atoms with Crippen LogP contribution in [0.15, 0.2) is 45.6 Å². The van der Waals surface area contributed by atoms with Crippen LogP contribution in [0.4, 0.5) is 17.6 Å². The van der Waals surface area contributed by atoms with E-state index in [0.717, 1.165) is 0 Å². The van der Waals surface area contributed by atoms with Crippen molar-refractivity contribution in [2.24, 2.45) is 0 Å². The Bertz CT molecular complexity index is 614. The van der Waals surface area contributed by atoms with Crippen LogP contribution < -0.4 is 5.63 Å². The van der Waals surface area contributed by atoms with Crippen molar-refractivity contribution >= 4 is 0 Å². The van der Waals surface area contributed by atoms with E-state index >= 15 is 0 Å². The second-order valence-electron chi connectivity index (χ2n) is 3.48. The van der Waals surface area contributed by atoms with Crippen molar-refractivity contribution in [3.63, 3.8) is 0 Å². The molecule has 0 aliphatic heterocycles. The van der Waals surface area contributed by atoms with E-state index in [0.29, 0.717) is 11.6 Å². The van der Waals surface area contributed by atoms with Gasteiger partial charge in [-0.05, 0) is 0 Å². The van der Waals surface area contributed by atoms with E-state index in [-0.39, 0.29) is 5.76 Å². The molecule has 0 spiro atoms. The van der Waals surface area contributed by atoms with Crippen LogP contribution in [0.2, 0.25) is 0 Å². The van der Waals surface area contributed by atoms with E-state index in [4.69, 9.17) is 0 Å². The Hall–Kier alpha value is -2.11. The molecule has 0 N–H and O–H groups in total. The fourth-order valence-corrected chi connectivity index (χ4v) is 1.46. The zero-order valence-corrected chi connectivity index (χ0v) is 8.79. The first kappa shape index (κ1) is 12.3. The Balaban J connectivity index is 2.61. The monoisotopic (exact) mass is 258 g/mol. The summed E-state index contributed by atoms with van der Waals surface area (Å²) in [6.45, 7) is 0. The second-order valence-corrected chi connectivity index (χ2v) is 3.48. The van der Waals surface area contributed by atoms with Crippen LogP contribution in [0.1, 0.15) is 5.56 Å². The normalized spacial score (nSPS) is 11.6. The lowest BCUT2D eigenvalue weighted by atomic mass is 10.1. The molecule has 0 unspecified atom stereocenters. The first-order chi connectivity index (χ1) is 8.39. The highest BCUT2D eigenvalue weighted by Crippen LogP contribution is 2.30. The van der Waals surface area contributed by atoms with E-state index in [1.165, 1.54) is 12.1 Å². The van der Waals surface area contributed by atoms with Crippen molar-refractivity contribution in [1.29, 1.82) is 0 Å². The maximum Gasteiger partial charge on any atom is 0.426 e. The Kier molecular flexibility index (Phi) is 2.94. The van der Waals surface area contributed by atoms with Crippen molar-refractivity contribution in [2.75, 3.05) is 0 Å². The molecule has 94 valence electrons. The van der Waals surface area contributed by atoms with Gasteiger partial charge in [-0.1, -0.05) is 30.3 Å². The summed E-state index contributed by atoms with van der Waals surface area (Å²) in [5, 5.41) is 0. The molecule has 6 heteroatoms. The summed E-state index contributed by atoms with van der Waals surface area (Å²) in [5.74, 6) is -1.89. The first-order valence-corrected chi connectivity index (χ1v) is 4.86. The quantitative estimate of drug-likeness (QED) is 0.733. The molecule has 0 aliphatic carbocycles. The summed E-state index contributed by atoms with van der Waals surface area (Å²) in [5.41, 5.74) is -3.33. The average Bonchev–Trinajstić information content (AvgIpc) is 2.27. The van der Waals surface area contributed by atoms with Crippen LogP contribution in [0.5, 0.6) is 0 Å². The molecule has 2 nitrogen and oxygen atoms in total. The minimum absolute atomic E-state index is 0.244. The molecule has 1 heterocycles. The van der Waals surface area contributed by atoms with Crippen molar-refractivity contribution in [3.05, 3.63) is 58.2 Å². The fourth-order valence-electron chi connectivity index (χ4n) is 1.46. The highest BCUT2D eigenvalue weighted by molar-refractivity contribution is 5.56. The van der Waals surface area contributed by atoms with Gasteiger partial charge in [0.1, 0.15) is 11.6 Å². The third kappa shape index (κ3) is 2.27. The average molecular weight is 258 g/mol. The van der Waals surface area contributed by atoms with Gasteiger partial charge in [0.2, 0.25) is 0 Å². The summed E-state index contributed by atoms with van der Waals surface area (Å²) in [6.07, 6.45) is -5.07. The van der Waals surface area contributed by atoms with E-state index in [2.05, 4.69) is 4.42 Å². The lowest BCUT2D eigenvalue weighted by Gasteiger charge is -2.07. The Labute approximate surface area is 98.5 Å². The largest absolute Gasteiger partial charge is 0.426 e. The molecule has 1 aromatic heterocycles. The second kappa shape index (κ2) is 4.29. The first-order valence-electron chi connectivity index (χ1n) is 4.86. The zero-order chi connectivity index (χ0) is 13.3. The van der Waals surface area contributed by atoms with Gasteiger partial charge in [0.15, 0.2) is 5.56 Å². The number of alkyl halides is 3. The molecule has 0 saturated carbocycles. The number of benzene rings is 1. The van der Waals surface area contributed by atoms with Gasteiger partial charge in [-0.2, -0.15) is 13.2 Å². The van der Waals surface area contributed by atoms with Gasteiger partial charge in [0.25, 0.3) is 0 Å². The third-order valence-electron chi connectivity index (χ3n) is 2.25. The molecule has 2 rings (SSSR count). The summed E-state index contributed by atoms with van der Waals surface area (Å²) in [7, 11) is 0. The molecule has 0 amide bonds. The number of rotatable bonds is 1. The van der Waals surface area contributed by atoms with Gasteiger partial charge >= 0.3 is 11.8 Å². The highest BCUT2D eigenvalue weighted by atomic mass is 19.4. The molecule has 0 radical (unpaired) electrons. The summed E-state index contributed by atoms with van der Waals surface area (Å²) in [6, 6.07) is 8.38. The maximum atomic E-state index is 13.3. The molecule has 2 aromatic rings. The van der Waals surface area contributed by atoms with Gasteiger partial charge in [-0.15, -0.1) is 0 Å². The summed E-state index contributed by atoms with van der Waals surface area (Å²) in [4.78, 5) is 11.2. The number of halogens is 4. The summed E-state index contributed by atoms with van der Waals surface area (Å²) >= 11 is 0. The fraction of sp³-hybridized carbons (Fsp3) is 0.0833. The standard InChI is InChI=1S/C12H6F4O2/c13-8-6-9(7-4-2-1-3-5-7)18-11(17)10(8)12(14,15)16/h1-6H. The van der Waals surface area contributed by atoms with Crippen LogP contribution in [-0.4, -0.2) is 0 Å². The maximum absolute atomic E-state index is 13.3. The van der Waals surface area contributed by atoms with Crippen molar-refractivity contribution in [1.82, 2.24) is 0 Å². The number of hydrogen-bond acceptors (Lipinski definition) is 2. The molecule has 0 aliphatic rings. The minimum Gasteiger partial charge on any atom is -0.422 e. The van der Waals surface area contributed by atoms with Gasteiger partial charge in [0.05, 0.1) is 0 Å². The van der Waals surface area contributed by atoms with E-state index in [1.807, 2.05) is 0 Å². The Morgan fingerprint density at radius 1 is 1.06 bits per heavy atom. The van der Waals surface area contributed by atoms with Crippen molar-refractivity contribution < 1.29 is 22.0 Å². The Morgan fingerprint density at radius 2 is 1.67 bits per heavy atom. The molecule has 18 heavy (non-hydrogen) atoms. The molecule has 0 atom stereocenters.